The molecule has 0 spiro atoms. The van der Waals surface area contributed by atoms with E-state index in [4.69, 9.17) is 27.9 Å². The number of methoxy groups -OCH3 is 1. The number of carbonyl (C=O) groups excluding carboxylic acids is 1. The number of halogens is 2. The number of nitrogens with zero attached hydrogens (tertiary/aromatic N) is 1. The van der Waals surface area contributed by atoms with Gasteiger partial charge in [-0.15, -0.1) is 0 Å². The molecule has 5 heteroatoms. The molecule has 2 aromatic rings. The molecule has 0 aliphatic carbocycles. The normalized spacial score (nSPS) is 13.6. The van der Waals surface area contributed by atoms with Crippen molar-refractivity contribution in [2.24, 2.45) is 0 Å². The fourth-order valence-corrected chi connectivity index (χ4v) is 3.51. The van der Waals surface area contributed by atoms with Crippen molar-refractivity contribution in [1.82, 2.24) is 0 Å². The van der Waals surface area contributed by atoms with E-state index in [0.29, 0.717) is 22.2 Å². The van der Waals surface area contributed by atoms with Gasteiger partial charge in [0.05, 0.1) is 19.2 Å². The summed E-state index contributed by atoms with van der Waals surface area (Å²) in [6, 6.07) is 11.2. The quantitative estimate of drug-likeness (QED) is 0.814. The summed E-state index contributed by atoms with van der Waals surface area (Å²) in [4.78, 5) is 14.6. The van der Waals surface area contributed by atoms with Crippen molar-refractivity contribution in [3.63, 3.8) is 0 Å². The number of anilines is 1. The molecule has 120 valence electrons. The maximum Gasteiger partial charge on any atom is 0.231 e. The van der Waals surface area contributed by atoms with Crippen LogP contribution < -0.4 is 9.64 Å². The summed E-state index contributed by atoms with van der Waals surface area (Å²) in [5.74, 6) is 0.700. The Bertz CT molecular complexity index is 711. The first-order chi connectivity index (χ1) is 11.1. The molecule has 2 aromatic carbocycles. The van der Waals surface area contributed by atoms with Crippen LogP contribution in [0.3, 0.4) is 0 Å². The molecule has 0 fully saturated rings. The van der Waals surface area contributed by atoms with E-state index in [1.807, 2.05) is 18.2 Å². The number of fused-ring (bicyclic) bond motifs is 1. The van der Waals surface area contributed by atoms with Gasteiger partial charge >= 0.3 is 0 Å². The Kier molecular flexibility index (Phi) is 4.79. The molecule has 1 heterocycles. The SMILES string of the molecule is COc1cccc2c1N(C(=O)Cc1c(Cl)cccc1Cl)CCC2. The zero-order chi connectivity index (χ0) is 16.4. The summed E-state index contributed by atoms with van der Waals surface area (Å²) >= 11 is 12.4. The van der Waals surface area contributed by atoms with Gasteiger partial charge in [-0.2, -0.15) is 0 Å². The number of hydrogen-bond donors (Lipinski definition) is 0. The minimum atomic E-state index is -0.0227. The van der Waals surface area contributed by atoms with Crippen LogP contribution in [0.25, 0.3) is 0 Å². The number of hydrogen-bond acceptors (Lipinski definition) is 2. The molecule has 0 saturated carbocycles. The summed E-state index contributed by atoms with van der Waals surface area (Å²) < 4.78 is 5.44. The highest BCUT2D eigenvalue weighted by atomic mass is 35.5. The maximum absolute atomic E-state index is 12.9. The van der Waals surface area contributed by atoms with E-state index in [0.717, 1.165) is 29.8 Å². The molecule has 0 radical (unpaired) electrons. The van der Waals surface area contributed by atoms with Gasteiger partial charge in [0.25, 0.3) is 0 Å². The summed E-state index contributed by atoms with van der Waals surface area (Å²) in [5, 5.41) is 1.03. The van der Waals surface area contributed by atoms with Gasteiger partial charge in [0, 0.05) is 16.6 Å². The monoisotopic (exact) mass is 349 g/mol. The minimum absolute atomic E-state index is 0.0227. The first-order valence-corrected chi connectivity index (χ1v) is 8.26. The van der Waals surface area contributed by atoms with Crippen LogP contribution in [0.4, 0.5) is 5.69 Å². The molecule has 1 amide bonds. The number of aryl methyl sites for hydroxylation is 1. The van der Waals surface area contributed by atoms with Gasteiger partial charge in [0.15, 0.2) is 0 Å². The third-order valence-corrected chi connectivity index (χ3v) is 4.80. The molecule has 1 aliphatic rings. The lowest BCUT2D eigenvalue weighted by Gasteiger charge is -2.31. The zero-order valence-electron chi connectivity index (χ0n) is 12.8. The fourth-order valence-electron chi connectivity index (χ4n) is 2.98. The lowest BCUT2D eigenvalue weighted by atomic mass is 10.00. The molecule has 3 rings (SSSR count). The number of para-hydroxylation sites is 1. The van der Waals surface area contributed by atoms with E-state index < -0.39 is 0 Å². The Morgan fingerprint density at radius 3 is 2.57 bits per heavy atom. The number of rotatable bonds is 3. The third-order valence-electron chi connectivity index (χ3n) is 4.09. The van der Waals surface area contributed by atoms with Crippen molar-refractivity contribution in [2.75, 3.05) is 18.6 Å². The smallest absolute Gasteiger partial charge is 0.231 e. The van der Waals surface area contributed by atoms with Crippen LogP contribution >= 0.6 is 23.2 Å². The minimum Gasteiger partial charge on any atom is -0.495 e. The second kappa shape index (κ2) is 6.81. The number of carbonyl (C=O) groups is 1. The third kappa shape index (κ3) is 3.17. The Morgan fingerprint density at radius 1 is 1.17 bits per heavy atom. The highest BCUT2D eigenvalue weighted by molar-refractivity contribution is 6.36. The number of ether oxygens (including phenoxy) is 1. The summed E-state index contributed by atoms with van der Waals surface area (Å²) in [6.45, 7) is 0.675. The van der Waals surface area contributed by atoms with Crippen LogP contribution in [-0.2, 0) is 17.6 Å². The van der Waals surface area contributed by atoms with Gasteiger partial charge in [-0.1, -0.05) is 41.4 Å². The van der Waals surface area contributed by atoms with E-state index in [1.54, 1.807) is 30.2 Å². The Hall–Kier alpha value is -1.71. The van der Waals surface area contributed by atoms with Crippen LogP contribution in [0.5, 0.6) is 5.75 Å². The average Bonchev–Trinajstić information content (AvgIpc) is 2.57. The molecular formula is C18H17Cl2NO2. The predicted molar refractivity (Wildman–Crippen MR) is 93.8 cm³/mol. The number of benzene rings is 2. The van der Waals surface area contributed by atoms with Crippen LogP contribution in [0.1, 0.15) is 17.5 Å². The van der Waals surface area contributed by atoms with Gasteiger partial charge in [0.1, 0.15) is 5.75 Å². The molecule has 0 unspecified atom stereocenters. The van der Waals surface area contributed by atoms with E-state index in [1.165, 1.54) is 0 Å². The first kappa shape index (κ1) is 16.2. The average molecular weight is 350 g/mol. The second-order valence-corrected chi connectivity index (χ2v) is 6.31. The summed E-state index contributed by atoms with van der Waals surface area (Å²) in [5.41, 5.74) is 2.67. The maximum atomic E-state index is 12.9. The Labute approximate surface area is 145 Å². The van der Waals surface area contributed by atoms with Gasteiger partial charge < -0.3 is 9.64 Å². The van der Waals surface area contributed by atoms with E-state index in [9.17, 15) is 4.79 Å². The molecule has 3 nitrogen and oxygen atoms in total. The van der Waals surface area contributed by atoms with E-state index in [2.05, 4.69) is 0 Å². The second-order valence-electron chi connectivity index (χ2n) is 5.49. The van der Waals surface area contributed by atoms with Crippen LogP contribution in [-0.4, -0.2) is 19.6 Å². The molecule has 0 bridgehead atoms. The van der Waals surface area contributed by atoms with Crippen molar-refractivity contribution in [1.29, 1.82) is 0 Å². The van der Waals surface area contributed by atoms with Gasteiger partial charge in [0.2, 0.25) is 5.91 Å². The zero-order valence-corrected chi connectivity index (χ0v) is 14.3. The van der Waals surface area contributed by atoms with Crippen molar-refractivity contribution < 1.29 is 9.53 Å². The molecule has 1 aliphatic heterocycles. The number of amides is 1. The Balaban J connectivity index is 1.93. The van der Waals surface area contributed by atoms with E-state index >= 15 is 0 Å². The topological polar surface area (TPSA) is 29.5 Å². The molecule has 0 N–H and O–H groups in total. The van der Waals surface area contributed by atoms with Crippen molar-refractivity contribution in [3.8, 4) is 5.75 Å². The summed E-state index contributed by atoms with van der Waals surface area (Å²) in [7, 11) is 1.62. The fraction of sp³-hybridized carbons (Fsp3) is 0.278. The lowest BCUT2D eigenvalue weighted by molar-refractivity contribution is -0.118. The summed E-state index contributed by atoms with van der Waals surface area (Å²) in [6.07, 6.45) is 2.06. The van der Waals surface area contributed by atoms with Crippen molar-refractivity contribution in [2.45, 2.75) is 19.3 Å². The van der Waals surface area contributed by atoms with Gasteiger partial charge in [-0.05, 0) is 42.2 Å². The lowest BCUT2D eigenvalue weighted by Crippen LogP contribution is -2.37. The standard InChI is InChI=1S/C18H17Cl2NO2/c1-23-16-9-2-5-12-6-4-10-21(18(12)16)17(22)11-13-14(19)7-3-8-15(13)20/h2-3,5,7-9H,4,6,10-11H2,1H3. The van der Waals surface area contributed by atoms with Crippen LogP contribution in [0, 0.1) is 0 Å². The van der Waals surface area contributed by atoms with Crippen LogP contribution in [0.15, 0.2) is 36.4 Å². The van der Waals surface area contributed by atoms with Crippen molar-refractivity contribution in [3.05, 3.63) is 57.6 Å². The Morgan fingerprint density at radius 2 is 1.87 bits per heavy atom. The molecular weight excluding hydrogens is 333 g/mol. The van der Waals surface area contributed by atoms with Gasteiger partial charge in [-0.25, -0.2) is 0 Å². The molecule has 23 heavy (non-hydrogen) atoms. The van der Waals surface area contributed by atoms with Crippen molar-refractivity contribution >= 4 is 34.8 Å². The first-order valence-electron chi connectivity index (χ1n) is 7.51. The predicted octanol–water partition coefficient (Wildman–Crippen LogP) is 4.52. The largest absolute Gasteiger partial charge is 0.495 e. The van der Waals surface area contributed by atoms with Gasteiger partial charge in [-0.3, -0.25) is 4.79 Å². The molecule has 0 atom stereocenters. The molecule has 0 aromatic heterocycles. The van der Waals surface area contributed by atoms with Crippen LogP contribution in [0.2, 0.25) is 10.0 Å². The highest BCUT2D eigenvalue weighted by Crippen LogP contribution is 2.37. The molecule has 0 saturated heterocycles. The van der Waals surface area contributed by atoms with E-state index in [-0.39, 0.29) is 12.3 Å². The highest BCUT2D eigenvalue weighted by Gasteiger charge is 2.26.